The molecule has 1 amide bonds. The Labute approximate surface area is 127 Å². The van der Waals surface area contributed by atoms with Gasteiger partial charge in [-0.2, -0.15) is 0 Å². The number of benzene rings is 1. The summed E-state index contributed by atoms with van der Waals surface area (Å²) in [6, 6.07) is 7.60. The Balaban J connectivity index is 0.00000361. The van der Waals surface area contributed by atoms with E-state index in [9.17, 15) is 4.79 Å². The Morgan fingerprint density at radius 1 is 1.40 bits per heavy atom. The summed E-state index contributed by atoms with van der Waals surface area (Å²) >= 11 is 0. The minimum absolute atomic E-state index is 0. The lowest BCUT2D eigenvalue weighted by Crippen LogP contribution is -2.45. The van der Waals surface area contributed by atoms with Crippen molar-refractivity contribution in [3.05, 3.63) is 29.8 Å². The molecule has 0 atom stereocenters. The summed E-state index contributed by atoms with van der Waals surface area (Å²) in [4.78, 5) is 11.8. The molecule has 1 rings (SSSR count). The Morgan fingerprint density at radius 3 is 2.60 bits per heavy atom. The molecule has 0 aliphatic rings. The average molecular weight is 301 g/mol. The fourth-order valence-electron chi connectivity index (χ4n) is 1.58. The van der Waals surface area contributed by atoms with E-state index in [1.807, 2.05) is 52.0 Å². The zero-order chi connectivity index (χ0) is 14.5. The second-order valence-electron chi connectivity index (χ2n) is 5.76. The van der Waals surface area contributed by atoms with Crippen molar-refractivity contribution in [2.75, 3.05) is 6.54 Å². The van der Waals surface area contributed by atoms with E-state index in [4.69, 9.17) is 10.5 Å². The lowest BCUT2D eigenvalue weighted by Gasteiger charge is -2.19. The van der Waals surface area contributed by atoms with E-state index in [1.54, 1.807) is 0 Å². The fourth-order valence-corrected chi connectivity index (χ4v) is 1.58. The predicted octanol–water partition coefficient (Wildman–Crippen LogP) is 2.29. The number of amides is 1. The van der Waals surface area contributed by atoms with Crippen LogP contribution >= 0.6 is 12.4 Å². The number of rotatable bonds is 6. The molecule has 3 N–H and O–H groups in total. The summed E-state index contributed by atoms with van der Waals surface area (Å²) in [7, 11) is 0. The maximum absolute atomic E-state index is 11.8. The molecule has 0 radical (unpaired) electrons. The van der Waals surface area contributed by atoms with E-state index >= 15 is 0 Å². The summed E-state index contributed by atoms with van der Waals surface area (Å²) in [6.07, 6.45) is 0.466. The van der Waals surface area contributed by atoms with Gasteiger partial charge >= 0.3 is 0 Å². The first-order valence-corrected chi connectivity index (χ1v) is 6.57. The van der Waals surface area contributed by atoms with Crippen molar-refractivity contribution in [2.45, 2.75) is 45.8 Å². The number of nitrogens with one attached hydrogen (secondary N) is 1. The van der Waals surface area contributed by atoms with Crippen LogP contribution in [0.3, 0.4) is 0 Å². The first-order valence-electron chi connectivity index (χ1n) is 6.57. The number of halogens is 1. The highest BCUT2D eigenvalue weighted by molar-refractivity contribution is 5.85. The van der Waals surface area contributed by atoms with Crippen LogP contribution in [-0.4, -0.2) is 24.1 Å². The summed E-state index contributed by atoms with van der Waals surface area (Å²) in [5.74, 6) is 0.764. The molecule has 0 saturated carbocycles. The average Bonchev–Trinajstić information content (AvgIpc) is 2.25. The van der Waals surface area contributed by atoms with Gasteiger partial charge in [0.15, 0.2) is 0 Å². The zero-order valence-corrected chi connectivity index (χ0v) is 13.4. The minimum Gasteiger partial charge on any atom is -0.491 e. The highest BCUT2D eigenvalue weighted by atomic mass is 35.5. The van der Waals surface area contributed by atoms with Crippen LogP contribution < -0.4 is 15.8 Å². The molecule has 0 aromatic heterocycles. The molecule has 0 aliphatic carbocycles. The summed E-state index contributed by atoms with van der Waals surface area (Å²) < 4.78 is 5.60. The highest BCUT2D eigenvalue weighted by Crippen LogP contribution is 2.15. The molecule has 5 heteroatoms. The molecule has 0 heterocycles. The van der Waals surface area contributed by atoms with Crippen molar-refractivity contribution in [3.8, 4) is 5.75 Å². The lowest BCUT2D eigenvalue weighted by molar-refractivity contribution is -0.120. The van der Waals surface area contributed by atoms with Gasteiger partial charge in [-0.25, -0.2) is 0 Å². The Kier molecular flexibility index (Phi) is 7.61. The van der Waals surface area contributed by atoms with Gasteiger partial charge in [0.05, 0.1) is 12.5 Å². The van der Waals surface area contributed by atoms with Crippen molar-refractivity contribution in [1.29, 1.82) is 0 Å². The lowest BCUT2D eigenvalue weighted by atomic mass is 10.1. The van der Waals surface area contributed by atoms with Crippen LogP contribution in [0.4, 0.5) is 0 Å². The van der Waals surface area contributed by atoms with E-state index in [-0.39, 0.29) is 24.4 Å². The predicted molar refractivity (Wildman–Crippen MR) is 84.4 cm³/mol. The summed E-state index contributed by atoms with van der Waals surface area (Å²) in [5.41, 5.74) is 6.37. The van der Waals surface area contributed by atoms with Crippen LogP contribution in [0.1, 0.15) is 33.3 Å². The fraction of sp³-hybridized carbons (Fsp3) is 0.533. The summed E-state index contributed by atoms with van der Waals surface area (Å²) in [5, 5.41) is 2.83. The third-order valence-electron chi connectivity index (χ3n) is 2.38. The van der Waals surface area contributed by atoms with Gasteiger partial charge < -0.3 is 15.8 Å². The molecular formula is C15H25ClN2O2. The molecule has 4 nitrogen and oxygen atoms in total. The van der Waals surface area contributed by atoms with Gasteiger partial charge in [0.1, 0.15) is 5.75 Å². The summed E-state index contributed by atoms with van der Waals surface area (Å²) in [6.45, 7) is 8.17. The SMILES string of the molecule is CC(C)Oc1cccc(CC(=O)NCC(C)(C)N)c1.Cl. The number of carbonyl (C=O) groups excluding carboxylic acids is 1. The molecule has 114 valence electrons. The maximum Gasteiger partial charge on any atom is 0.224 e. The standard InChI is InChI=1S/C15H24N2O2.ClH/c1-11(2)19-13-7-5-6-12(8-13)9-14(18)17-10-15(3,4)16;/h5-8,11H,9-10,16H2,1-4H3,(H,17,18);1H. The first-order chi connectivity index (χ1) is 8.76. The van der Waals surface area contributed by atoms with Crippen molar-refractivity contribution in [1.82, 2.24) is 5.32 Å². The highest BCUT2D eigenvalue weighted by Gasteiger charge is 2.12. The largest absolute Gasteiger partial charge is 0.491 e. The van der Waals surface area contributed by atoms with E-state index in [0.29, 0.717) is 13.0 Å². The topological polar surface area (TPSA) is 64.3 Å². The quantitative estimate of drug-likeness (QED) is 0.847. The Hall–Kier alpha value is -1.26. The van der Waals surface area contributed by atoms with E-state index < -0.39 is 5.54 Å². The van der Waals surface area contributed by atoms with Crippen molar-refractivity contribution < 1.29 is 9.53 Å². The molecule has 0 fully saturated rings. The molecular weight excluding hydrogens is 276 g/mol. The second kappa shape index (κ2) is 8.12. The number of nitrogens with two attached hydrogens (primary N) is 1. The van der Waals surface area contributed by atoms with Gasteiger partial charge in [-0.05, 0) is 45.4 Å². The number of carbonyl (C=O) groups is 1. The van der Waals surface area contributed by atoms with Crippen LogP contribution in [0.15, 0.2) is 24.3 Å². The van der Waals surface area contributed by atoms with Crippen molar-refractivity contribution in [3.63, 3.8) is 0 Å². The van der Waals surface area contributed by atoms with Crippen molar-refractivity contribution >= 4 is 18.3 Å². The van der Waals surface area contributed by atoms with Crippen LogP contribution in [0.25, 0.3) is 0 Å². The van der Waals surface area contributed by atoms with Crippen molar-refractivity contribution in [2.24, 2.45) is 5.73 Å². The van der Waals surface area contributed by atoms with Crippen LogP contribution in [0.2, 0.25) is 0 Å². The van der Waals surface area contributed by atoms with Gasteiger partial charge in [-0.15, -0.1) is 12.4 Å². The van der Waals surface area contributed by atoms with Crippen LogP contribution in [0.5, 0.6) is 5.75 Å². The maximum atomic E-state index is 11.8. The van der Waals surface area contributed by atoms with E-state index in [2.05, 4.69) is 5.32 Å². The molecule has 0 bridgehead atoms. The monoisotopic (exact) mass is 300 g/mol. The van der Waals surface area contributed by atoms with Gasteiger partial charge in [0, 0.05) is 12.1 Å². The van der Waals surface area contributed by atoms with Crippen LogP contribution in [0, 0.1) is 0 Å². The molecule has 1 aromatic rings. The van der Waals surface area contributed by atoms with E-state index in [1.165, 1.54) is 0 Å². The van der Waals surface area contributed by atoms with Gasteiger partial charge in [-0.1, -0.05) is 12.1 Å². The number of hydrogen-bond donors (Lipinski definition) is 2. The number of hydrogen-bond acceptors (Lipinski definition) is 3. The van der Waals surface area contributed by atoms with Crippen LogP contribution in [-0.2, 0) is 11.2 Å². The number of ether oxygens (including phenoxy) is 1. The molecule has 0 unspecified atom stereocenters. The minimum atomic E-state index is -0.391. The smallest absolute Gasteiger partial charge is 0.224 e. The molecule has 20 heavy (non-hydrogen) atoms. The zero-order valence-electron chi connectivity index (χ0n) is 12.6. The van der Waals surface area contributed by atoms with Gasteiger partial charge in [0.25, 0.3) is 0 Å². The Bertz CT molecular complexity index is 428. The normalized spacial score (nSPS) is 10.9. The molecule has 0 aliphatic heterocycles. The van der Waals surface area contributed by atoms with E-state index in [0.717, 1.165) is 11.3 Å². The molecule has 1 aromatic carbocycles. The molecule has 0 saturated heterocycles. The Morgan fingerprint density at radius 2 is 2.05 bits per heavy atom. The molecule has 0 spiro atoms. The first kappa shape index (κ1) is 18.7. The third kappa shape index (κ3) is 8.02. The second-order valence-corrected chi connectivity index (χ2v) is 5.76. The third-order valence-corrected chi connectivity index (χ3v) is 2.38. The van der Waals surface area contributed by atoms with Gasteiger partial charge in [0.2, 0.25) is 5.91 Å². The van der Waals surface area contributed by atoms with Gasteiger partial charge in [-0.3, -0.25) is 4.79 Å².